The molecule has 0 aromatic heterocycles. The van der Waals surface area contributed by atoms with Crippen molar-refractivity contribution in [2.45, 2.75) is 11.3 Å². The lowest BCUT2D eigenvalue weighted by atomic mass is 10.2. The molecule has 1 amide bonds. The molecular weight excluding hydrogens is 341 g/mol. The number of carbonyl (C=O) groups excluding carboxylic acids is 1. The largest absolute Gasteiger partial charge is 0.311 e. The lowest BCUT2D eigenvalue weighted by Gasteiger charge is -2.17. The van der Waals surface area contributed by atoms with Gasteiger partial charge in [0.15, 0.2) is 9.84 Å². The Balaban J connectivity index is 1.84. The average Bonchev–Trinajstić information content (AvgIpc) is 2.93. The van der Waals surface area contributed by atoms with E-state index < -0.39 is 27.3 Å². The van der Waals surface area contributed by atoms with Crippen LogP contribution in [0, 0.1) is 5.82 Å². The van der Waals surface area contributed by atoms with Gasteiger partial charge in [0.05, 0.1) is 9.92 Å². The maximum absolute atomic E-state index is 13.2. The highest BCUT2D eigenvalue weighted by Crippen LogP contribution is 2.28. The van der Waals surface area contributed by atoms with Crippen molar-refractivity contribution in [2.75, 3.05) is 17.2 Å². The van der Waals surface area contributed by atoms with E-state index >= 15 is 0 Å². The minimum Gasteiger partial charge on any atom is -0.311 e. The lowest BCUT2D eigenvalue weighted by Crippen LogP contribution is -2.34. The van der Waals surface area contributed by atoms with Crippen molar-refractivity contribution in [2.24, 2.45) is 0 Å². The van der Waals surface area contributed by atoms with Crippen LogP contribution in [0.15, 0.2) is 47.4 Å². The van der Waals surface area contributed by atoms with Crippen LogP contribution < -0.4 is 4.90 Å². The molecule has 2 aromatic carbocycles. The summed E-state index contributed by atoms with van der Waals surface area (Å²) in [5.41, 5.74) is 1.76. The number of sulfone groups is 1. The Bertz CT molecular complexity index is 883. The summed E-state index contributed by atoms with van der Waals surface area (Å²) in [6.45, 7) is 0.456. The number of rotatable bonds is 3. The molecular formula is C16H13ClFNO3S. The highest BCUT2D eigenvalue weighted by Gasteiger charge is 2.29. The van der Waals surface area contributed by atoms with E-state index in [2.05, 4.69) is 0 Å². The molecule has 0 aliphatic carbocycles. The third-order valence-electron chi connectivity index (χ3n) is 3.75. The van der Waals surface area contributed by atoms with E-state index in [0.717, 1.165) is 29.4 Å². The summed E-state index contributed by atoms with van der Waals surface area (Å²) in [5.74, 6) is -1.88. The second kappa shape index (κ2) is 5.94. The Kier molecular flexibility index (Phi) is 4.12. The van der Waals surface area contributed by atoms with Crippen molar-refractivity contribution in [1.82, 2.24) is 0 Å². The SMILES string of the molecule is O=C(CS(=O)(=O)c1ccc(F)c(Cl)c1)N1CCc2ccccc21. The van der Waals surface area contributed by atoms with E-state index in [0.29, 0.717) is 13.0 Å². The van der Waals surface area contributed by atoms with E-state index in [9.17, 15) is 17.6 Å². The Morgan fingerprint density at radius 2 is 1.96 bits per heavy atom. The minimum absolute atomic E-state index is 0.162. The zero-order valence-electron chi connectivity index (χ0n) is 12.0. The summed E-state index contributed by atoms with van der Waals surface area (Å²) in [5, 5.41) is -0.287. The monoisotopic (exact) mass is 353 g/mol. The number of hydrogen-bond donors (Lipinski definition) is 0. The molecule has 1 aliphatic rings. The maximum atomic E-state index is 13.2. The predicted molar refractivity (Wildman–Crippen MR) is 86.0 cm³/mol. The molecule has 0 radical (unpaired) electrons. The van der Waals surface area contributed by atoms with Crippen molar-refractivity contribution >= 4 is 33.0 Å². The first kappa shape index (κ1) is 16.0. The normalized spacial score (nSPS) is 13.9. The van der Waals surface area contributed by atoms with E-state index in [-0.39, 0.29) is 9.92 Å². The van der Waals surface area contributed by atoms with Crippen LogP contribution in [0.4, 0.5) is 10.1 Å². The topological polar surface area (TPSA) is 54.5 Å². The summed E-state index contributed by atoms with van der Waals surface area (Å²) in [6, 6.07) is 10.5. The Labute approximate surface area is 138 Å². The van der Waals surface area contributed by atoms with Gasteiger partial charge in [-0.05, 0) is 36.2 Å². The molecule has 4 nitrogen and oxygen atoms in total. The number of anilines is 1. The van der Waals surface area contributed by atoms with Crippen LogP contribution >= 0.6 is 11.6 Å². The number of benzene rings is 2. The van der Waals surface area contributed by atoms with Gasteiger partial charge in [0.2, 0.25) is 5.91 Å². The first-order chi connectivity index (χ1) is 10.9. The van der Waals surface area contributed by atoms with Crippen molar-refractivity contribution in [3.63, 3.8) is 0 Å². The van der Waals surface area contributed by atoms with Crippen LogP contribution in [0.2, 0.25) is 5.02 Å². The molecule has 1 aliphatic heterocycles. The third kappa shape index (κ3) is 3.09. The number of fused-ring (bicyclic) bond motifs is 1. The van der Waals surface area contributed by atoms with Crippen LogP contribution in [0.5, 0.6) is 0 Å². The molecule has 0 N–H and O–H groups in total. The van der Waals surface area contributed by atoms with Gasteiger partial charge in [0.25, 0.3) is 0 Å². The minimum atomic E-state index is -3.88. The van der Waals surface area contributed by atoms with Gasteiger partial charge >= 0.3 is 0 Å². The molecule has 1 heterocycles. The number of halogens is 2. The fraction of sp³-hybridized carbons (Fsp3) is 0.188. The van der Waals surface area contributed by atoms with Crippen LogP contribution in [0.3, 0.4) is 0 Å². The highest BCUT2D eigenvalue weighted by atomic mass is 35.5. The van der Waals surface area contributed by atoms with Crippen LogP contribution in [-0.4, -0.2) is 26.6 Å². The molecule has 0 fully saturated rings. The molecule has 120 valence electrons. The fourth-order valence-electron chi connectivity index (χ4n) is 2.59. The first-order valence-electron chi connectivity index (χ1n) is 6.94. The molecule has 7 heteroatoms. The van der Waals surface area contributed by atoms with E-state index in [1.54, 1.807) is 12.1 Å². The van der Waals surface area contributed by atoms with Gasteiger partial charge in [0, 0.05) is 12.2 Å². The Morgan fingerprint density at radius 1 is 1.22 bits per heavy atom. The molecule has 2 aromatic rings. The highest BCUT2D eigenvalue weighted by molar-refractivity contribution is 7.92. The lowest BCUT2D eigenvalue weighted by molar-refractivity contribution is -0.116. The number of nitrogens with zero attached hydrogens (tertiary/aromatic N) is 1. The van der Waals surface area contributed by atoms with E-state index in [1.165, 1.54) is 4.90 Å². The zero-order chi connectivity index (χ0) is 16.6. The summed E-state index contributed by atoms with van der Waals surface area (Å²) in [4.78, 5) is 13.7. The van der Waals surface area contributed by atoms with Crippen molar-refractivity contribution in [3.8, 4) is 0 Å². The van der Waals surface area contributed by atoms with Gasteiger partial charge < -0.3 is 4.90 Å². The van der Waals surface area contributed by atoms with Crippen LogP contribution in [-0.2, 0) is 21.1 Å². The van der Waals surface area contributed by atoms with Crippen molar-refractivity contribution < 1.29 is 17.6 Å². The van der Waals surface area contributed by atoms with Gasteiger partial charge in [-0.3, -0.25) is 4.79 Å². The molecule has 0 saturated carbocycles. The fourth-order valence-corrected chi connectivity index (χ4v) is 4.06. The van der Waals surface area contributed by atoms with Gasteiger partial charge in [-0.2, -0.15) is 0 Å². The summed E-state index contributed by atoms with van der Waals surface area (Å²) >= 11 is 5.62. The van der Waals surface area contributed by atoms with Crippen LogP contribution in [0.25, 0.3) is 0 Å². The van der Waals surface area contributed by atoms with Crippen LogP contribution in [0.1, 0.15) is 5.56 Å². The second-order valence-corrected chi connectivity index (χ2v) is 7.66. The summed E-state index contributed by atoms with van der Waals surface area (Å²) in [6.07, 6.45) is 0.699. The third-order valence-corrected chi connectivity index (χ3v) is 5.64. The summed E-state index contributed by atoms with van der Waals surface area (Å²) < 4.78 is 37.9. The predicted octanol–water partition coefficient (Wildman–Crippen LogP) is 2.84. The molecule has 0 atom stereocenters. The first-order valence-corrected chi connectivity index (χ1v) is 8.97. The standard InChI is InChI=1S/C16H13ClFNO3S/c17-13-9-12(5-6-14(13)18)23(21,22)10-16(20)19-8-7-11-3-1-2-4-15(11)19/h1-6,9H,7-8,10H2. The number of hydrogen-bond acceptors (Lipinski definition) is 3. The molecule has 0 saturated heterocycles. The Morgan fingerprint density at radius 3 is 2.70 bits per heavy atom. The van der Waals surface area contributed by atoms with Crippen molar-refractivity contribution in [3.05, 3.63) is 58.9 Å². The second-order valence-electron chi connectivity index (χ2n) is 5.26. The molecule has 23 heavy (non-hydrogen) atoms. The van der Waals surface area contributed by atoms with E-state index in [4.69, 9.17) is 11.6 Å². The quantitative estimate of drug-likeness (QED) is 0.797. The number of para-hydroxylation sites is 1. The maximum Gasteiger partial charge on any atom is 0.242 e. The smallest absolute Gasteiger partial charge is 0.242 e. The summed E-state index contributed by atoms with van der Waals surface area (Å²) in [7, 11) is -3.88. The Hall–Kier alpha value is -1.92. The molecule has 0 unspecified atom stereocenters. The van der Waals surface area contributed by atoms with Gasteiger partial charge in [-0.25, -0.2) is 12.8 Å². The van der Waals surface area contributed by atoms with Gasteiger partial charge in [0.1, 0.15) is 11.6 Å². The number of carbonyl (C=O) groups is 1. The van der Waals surface area contributed by atoms with Gasteiger partial charge in [-0.1, -0.05) is 29.8 Å². The average molecular weight is 354 g/mol. The molecule has 0 bridgehead atoms. The van der Waals surface area contributed by atoms with Crippen molar-refractivity contribution in [1.29, 1.82) is 0 Å². The zero-order valence-corrected chi connectivity index (χ0v) is 13.6. The van der Waals surface area contributed by atoms with Gasteiger partial charge in [-0.15, -0.1) is 0 Å². The molecule has 0 spiro atoms. The molecule has 3 rings (SSSR count). The number of amides is 1. The van der Waals surface area contributed by atoms with E-state index in [1.807, 2.05) is 12.1 Å².